The van der Waals surface area contributed by atoms with Gasteiger partial charge in [0.25, 0.3) is 5.91 Å². The van der Waals surface area contributed by atoms with Gasteiger partial charge in [-0.15, -0.1) is 11.3 Å². The van der Waals surface area contributed by atoms with Gasteiger partial charge in [0.2, 0.25) is 5.89 Å². The van der Waals surface area contributed by atoms with Crippen LogP contribution in [-0.2, 0) is 12.6 Å². The number of nitrogens with one attached hydrogen (secondary N) is 1. The summed E-state index contributed by atoms with van der Waals surface area (Å²) < 4.78 is 43.0. The highest BCUT2D eigenvalue weighted by Crippen LogP contribution is 2.32. The van der Waals surface area contributed by atoms with E-state index < -0.39 is 11.7 Å². The number of nitrogens with zero attached hydrogens (tertiary/aromatic N) is 3. The predicted molar refractivity (Wildman–Crippen MR) is 97.0 cm³/mol. The largest absolute Gasteiger partial charge is 0.416 e. The number of hydrogen-bond donors (Lipinski definition) is 1. The summed E-state index contributed by atoms with van der Waals surface area (Å²) in [5, 5.41) is 7.00. The zero-order valence-corrected chi connectivity index (χ0v) is 15.9. The van der Waals surface area contributed by atoms with Crippen LogP contribution in [0.25, 0.3) is 10.6 Å². The van der Waals surface area contributed by atoms with E-state index in [-0.39, 0.29) is 5.91 Å². The Bertz CT molecular complexity index is 964. The monoisotopic (exact) mass is 410 g/mol. The van der Waals surface area contributed by atoms with Crippen LogP contribution in [0.3, 0.4) is 0 Å². The van der Waals surface area contributed by atoms with E-state index in [9.17, 15) is 18.0 Å². The van der Waals surface area contributed by atoms with Gasteiger partial charge >= 0.3 is 6.18 Å². The standard InChI is InChI=1S/C18H17F3N4O2S/c1-10-15(16(26)22-9-3-4-14-24-11(2)25-27-14)28-17(23-10)12-5-7-13(8-6-12)18(19,20)21/h5-8H,3-4,9H2,1-2H3,(H,22,26). The number of halogens is 3. The Morgan fingerprint density at radius 1 is 1.18 bits per heavy atom. The van der Waals surface area contributed by atoms with Crippen LogP contribution in [0.4, 0.5) is 13.2 Å². The number of alkyl halides is 3. The van der Waals surface area contributed by atoms with E-state index in [1.807, 2.05) is 0 Å². The SMILES string of the molecule is Cc1noc(CCCNC(=O)c2sc(-c3ccc(C(F)(F)F)cc3)nc2C)n1. The van der Waals surface area contributed by atoms with E-state index in [0.29, 0.717) is 52.2 Å². The number of carbonyl (C=O) groups excluding carboxylic acids is 1. The summed E-state index contributed by atoms with van der Waals surface area (Å²) >= 11 is 1.15. The molecular weight excluding hydrogens is 393 g/mol. The Balaban J connectivity index is 1.60. The van der Waals surface area contributed by atoms with E-state index in [4.69, 9.17) is 4.52 Å². The molecule has 3 rings (SSSR count). The predicted octanol–water partition coefficient (Wildman–Crippen LogP) is 4.19. The van der Waals surface area contributed by atoms with E-state index in [2.05, 4.69) is 20.4 Å². The zero-order valence-electron chi connectivity index (χ0n) is 15.1. The first kappa shape index (κ1) is 20.0. The number of aryl methyl sites for hydroxylation is 3. The van der Waals surface area contributed by atoms with E-state index in [1.165, 1.54) is 12.1 Å². The lowest BCUT2D eigenvalue weighted by molar-refractivity contribution is -0.137. The summed E-state index contributed by atoms with van der Waals surface area (Å²) in [4.78, 5) is 21.2. The Kier molecular flexibility index (Phi) is 5.78. The van der Waals surface area contributed by atoms with Crippen LogP contribution >= 0.6 is 11.3 Å². The first-order chi connectivity index (χ1) is 13.2. The molecule has 148 valence electrons. The molecule has 2 heterocycles. The molecule has 0 bridgehead atoms. The fourth-order valence-electron chi connectivity index (χ4n) is 2.50. The first-order valence-corrected chi connectivity index (χ1v) is 9.28. The van der Waals surface area contributed by atoms with Crippen molar-refractivity contribution in [2.24, 2.45) is 0 Å². The number of rotatable bonds is 6. The first-order valence-electron chi connectivity index (χ1n) is 8.46. The van der Waals surface area contributed by atoms with Crippen LogP contribution in [0.2, 0.25) is 0 Å². The molecule has 0 saturated carbocycles. The molecule has 1 N–H and O–H groups in total. The zero-order chi connectivity index (χ0) is 20.3. The minimum Gasteiger partial charge on any atom is -0.351 e. The molecule has 2 aromatic heterocycles. The molecular formula is C18H17F3N4O2S. The molecule has 0 atom stereocenters. The van der Waals surface area contributed by atoms with Crippen molar-refractivity contribution >= 4 is 17.2 Å². The van der Waals surface area contributed by atoms with Crippen molar-refractivity contribution in [3.05, 3.63) is 52.1 Å². The van der Waals surface area contributed by atoms with Gasteiger partial charge in [0.15, 0.2) is 5.82 Å². The quantitative estimate of drug-likeness (QED) is 0.617. The topological polar surface area (TPSA) is 80.9 Å². The second kappa shape index (κ2) is 8.09. The van der Waals surface area contributed by atoms with Gasteiger partial charge in [0.05, 0.1) is 11.3 Å². The van der Waals surface area contributed by atoms with Gasteiger partial charge in [-0.3, -0.25) is 4.79 Å². The molecule has 0 aliphatic rings. The van der Waals surface area contributed by atoms with Gasteiger partial charge < -0.3 is 9.84 Å². The van der Waals surface area contributed by atoms with E-state index in [0.717, 1.165) is 23.5 Å². The van der Waals surface area contributed by atoms with Crippen LogP contribution in [-0.4, -0.2) is 27.6 Å². The summed E-state index contributed by atoms with van der Waals surface area (Å²) in [5.41, 5.74) is 0.343. The summed E-state index contributed by atoms with van der Waals surface area (Å²) in [6.07, 6.45) is -3.20. The van der Waals surface area contributed by atoms with E-state index >= 15 is 0 Å². The summed E-state index contributed by atoms with van der Waals surface area (Å²) in [6.45, 7) is 3.85. The molecule has 0 unspecified atom stereocenters. The van der Waals surface area contributed by atoms with Crippen molar-refractivity contribution in [1.82, 2.24) is 20.4 Å². The highest BCUT2D eigenvalue weighted by molar-refractivity contribution is 7.17. The van der Waals surface area contributed by atoms with Crippen molar-refractivity contribution in [1.29, 1.82) is 0 Å². The van der Waals surface area contributed by atoms with Crippen molar-refractivity contribution in [3.8, 4) is 10.6 Å². The molecule has 0 spiro atoms. The molecule has 10 heteroatoms. The molecule has 1 amide bonds. The maximum absolute atomic E-state index is 12.7. The number of thiazole rings is 1. The minimum atomic E-state index is -4.39. The number of amides is 1. The number of carbonyl (C=O) groups is 1. The van der Waals surface area contributed by atoms with Crippen molar-refractivity contribution in [2.75, 3.05) is 6.54 Å². The lowest BCUT2D eigenvalue weighted by atomic mass is 10.1. The molecule has 0 aliphatic heterocycles. The third-order valence-corrected chi connectivity index (χ3v) is 5.09. The summed E-state index contributed by atoms with van der Waals surface area (Å²) in [5.74, 6) is 0.815. The molecule has 0 aliphatic carbocycles. The fraction of sp³-hybridized carbons (Fsp3) is 0.333. The summed E-state index contributed by atoms with van der Waals surface area (Å²) in [6, 6.07) is 4.72. The Labute approximate surface area is 162 Å². The highest BCUT2D eigenvalue weighted by atomic mass is 32.1. The molecule has 28 heavy (non-hydrogen) atoms. The van der Waals surface area contributed by atoms with Gasteiger partial charge in [0.1, 0.15) is 9.88 Å². The van der Waals surface area contributed by atoms with Crippen LogP contribution < -0.4 is 5.32 Å². The smallest absolute Gasteiger partial charge is 0.351 e. The van der Waals surface area contributed by atoms with Crippen molar-refractivity contribution in [2.45, 2.75) is 32.9 Å². The lowest BCUT2D eigenvalue weighted by Gasteiger charge is -2.06. The number of hydrogen-bond acceptors (Lipinski definition) is 6. The van der Waals surface area contributed by atoms with Gasteiger partial charge in [-0.2, -0.15) is 18.2 Å². The lowest BCUT2D eigenvalue weighted by Crippen LogP contribution is -2.24. The number of aromatic nitrogens is 3. The van der Waals surface area contributed by atoms with Crippen LogP contribution in [0.1, 0.15) is 39.1 Å². The second-order valence-corrected chi connectivity index (χ2v) is 7.10. The van der Waals surface area contributed by atoms with Crippen molar-refractivity contribution < 1.29 is 22.5 Å². The third kappa shape index (κ3) is 4.75. The van der Waals surface area contributed by atoms with Gasteiger partial charge in [-0.1, -0.05) is 17.3 Å². The molecule has 1 aromatic carbocycles. The maximum atomic E-state index is 12.7. The van der Waals surface area contributed by atoms with Gasteiger partial charge in [-0.25, -0.2) is 4.98 Å². The van der Waals surface area contributed by atoms with E-state index in [1.54, 1.807) is 13.8 Å². The molecule has 3 aromatic rings. The Hall–Kier alpha value is -2.75. The minimum absolute atomic E-state index is 0.269. The highest BCUT2D eigenvalue weighted by Gasteiger charge is 2.30. The summed E-state index contributed by atoms with van der Waals surface area (Å²) in [7, 11) is 0. The molecule has 6 nitrogen and oxygen atoms in total. The van der Waals surface area contributed by atoms with Crippen molar-refractivity contribution in [3.63, 3.8) is 0 Å². The van der Waals surface area contributed by atoms with Crippen LogP contribution in [0, 0.1) is 13.8 Å². The van der Waals surface area contributed by atoms with Gasteiger partial charge in [-0.05, 0) is 32.4 Å². The Morgan fingerprint density at radius 2 is 1.89 bits per heavy atom. The number of benzene rings is 1. The maximum Gasteiger partial charge on any atom is 0.416 e. The fourth-order valence-corrected chi connectivity index (χ4v) is 3.48. The molecule has 0 saturated heterocycles. The van der Waals surface area contributed by atoms with Crippen LogP contribution in [0.5, 0.6) is 0 Å². The normalized spacial score (nSPS) is 11.6. The van der Waals surface area contributed by atoms with Gasteiger partial charge in [0, 0.05) is 18.5 Å². The Morgan fingerprint density at radius 3 is 2.50 bits per heavy atom. The molecule has 0 fully saturated rings. The molecule has 0 radical (unpaired) electrons. The average molecular weight is 410 g/mol. The third-order valence-electron chi connectivity index (χ3n) is 3.88. The average Bonchev–Trinajstić information content (AvgIpc) is 3.23. The van der Waals surface area contributed by atoms with Crippen LogP contribution in [0.15, 0.2) is 28.8 Å². The second-order valence-electron chi connectivity index (χ2n) is 6.10.